The molecule has 1 atom stereocenters. The number of para-hydroxylation sites is 1. The highest BCUT2D eigenvalue weighted by molar-refractivity contribution is 7.17. The van der Waals surface area contributed by atoms with E-state index in [4.69, 9.17) is 14.1 Å². The number of fused-ring (bicyclic) bond motifs is 1. The van der Waals surface area contributed by atoms with Crippen LogP contribution in [0.2, 0.25) is 0 Å². The number of rotatable bonds is 10. The normalized spacial score (nSPS) is 12.3. The molecule has 0 amide bonds. The topological polar surface area (TPSA) is 91.6 Å². The Labute approximate surface area is 225 Å². The second kappa shape index (κ2) is 11.3. The summed E-state index contributed by atoms with van der Waals surface area (Å²) in [5.41, 5.74) is 5.10. The molecular formula is C30H31N3O4S. The second-order valence-electron chi connectivity index (χ2n) is 9.64. The fourth-order valence-electron chi connectivity index (χ4n) is 4.66. The van der Waals surface area contributed by atoms with Gasteiger partial charge in [0.15, 0.2) is 0 Å². The molecule has 0 aliphatic heterocycles. The van der Waals surface area contributed by atoms with Crippen LogP contribution in [0.5, 0.6) is 5.75 Å². The van der Waals surface area contributed by atoms with E-state index in [1.54, 1.807) is 6.26 Å². The van der Waals surface area contributed by atoms with Crippen LogP contribution in [0.3, 0.4) is 0 Å². The summed E-state index contributed by atoms with van der Waals surface area (Å²) in [5.74, 6) is 2.04. The highest BCUT2D eigenvalue weighted by Gasteiger charge is 2.19. The number of H-pyrrole nitrogens is 1. The predicted octanol–water partition coefficient (Wildman–Crippen LogP) is 5.61. The molecule has 2 N–H and O–H groups in total. The third-order valence-electron chi connectivity index (χ3n) is 6.49. The molecule has 3 aromatic heterocycles. The van der Waals surface area contributed by atoms with Gasteiger partial charge in [-0.25, -0.2) is 4.98 Å². The average Bonchev–Trinajstić information content (AvgIpc) is 3.54. The lowest BCUT2D eigenvalue weighted by Gasteiger charge is -2.24. The highest BCUT2D eigenvalue weighted by atomic mass is 32.1. The number of hydrogen-bond acceptors (Lipinski definition) is 7. The Morgan fingerprint density at radius 2 is 1.89 bits per heavy atom. The van der Waals surface area contributed by atoms with E-state index in [1.807, 2.05) is 53.6 Å². The van der Waals surface area contributed by atoms with Crippen LogP contribution >= 0.6 is 11.3 Å². The number of aromatic amines is 1. The first kappa shape index (κ1) is 25.9. The molecule has 8 heteroatoms. The number of ether oxygens (including phenoxy) is 1. The van der Waals surface area contributed by atoms with Crippen molar-refractivity contribution in [3.8, 4) is 16.9 Å². The van der Waals surface area contributed by atoms with E-state index < -0.39 is 6.10 Å². The zero-order chi connectivity index (χ0) is 26.6. The van der Waals surface area contributed by atoms with E-state index in [0.29, 0.717) is 35.7 Å². The number of furan rings is 1. The number of benzene rings is 2. The number of aryl methyl sites for hydroxylation is 3. The van der Waals surface area contributed by atoms with Crippen LogP contribution in [-0.2, 0) is 13.1 Å². The maximum atomic E-state index is 13.2. The number of nitrogens with one attached hydrogen (secondary N) is 1. The smallest absolute Gasteiger partial charge is 0.260 e. The molecule has 0 spiro atoms. The molecule has 0 bridgehead atoms. The molecule has 2 aromatic carbocycles. The fourth-order valence-corrected chi connectivity index (χ4v) is 5.61. The largest absolute Gasteiger partial charge is 0.491 e. The molecular weight excluding hydrogens is 498 g/mol. The Morgan fingerprint density at radius 3 is 2.66 bits per heavy atom. The molecule has 5 aromatic rings. The molecule has 0 aliphatic rings. The number of hydrogen-bond donors (Lipinski definition) is 2. The van der Waals surface area contributed by atoms with Crippen molar-refractivity contribution in [2.75, 3.05) is 13.2 Å². The first-order valence-corrected chi connectivity index (χ1v) is 13.4. The van der Waals surface area contributed by atoms with Crippen molar-refractivity contribution in [1.82, 2.24) is 14.9 Å². The molecule has 0 aliphatic carbocycles. The summed E-state index contributed by atoms with van der Waals surface area (Å²) in [6, 6.07) is 17.7. The first-order valence-electron chi connectivity index (χ1n) is 12.6. The van der Waals surface area contributed by atoms with Crippen molar-refractivity contribution in [2.24, 2.45) is 0 Å². The Morgan fingerprint density at radius 1 is 1.05 bits per heavy atom. The molecule has 38 heavy (non-hydrogen) atoms. The average molecular weight is 530 g/mol. The standard InChI is InChI=1S/C30H31N3O4S/c1-19-10-11-24(21(3)13-19)25-18-38-30-28(25)29(35)31-27(32-30)16-33(15-23-8-6-12-36-23)14-22(34)17-37-26-9-5-4-7-20(26)2/h4-13,18,22,34H,14-17H2,1-3H3,(H,31,32,35). The van der Waals surface area contributed by atoms with Crippen LogP contribution < -0.4 is 10.3 Å². The quantitative estimate of drug-likeness (QED) is 0.244. The SMILES string of the molecule is Cc1ccc(-c2csc3nc(CN(Cc4ccco4)CC(O)COc4ccccc4C)[nH]c(=O)c23)c(C)c1. The fraction of sp³-hybridized carbons (Fsp3) is 0.267. The van der Waals surface area contributed by atoms with Gasteiger partial charge in [0.25, 0.3) is 5.56 Å². The minimum atomic E-state index is -0.752. The van der Waals surface area contributed by atoms with Gasteiger partial charge < -0.3 is 19.2 Å². The first-order chi connectivity index (χ1) is 18.4. The van der Waals surface area contributed by atoms with Crippen molar-refractivity contribution >= 4 is 21.6 Å². The van der Waals surface area contributed by atoms with Gasteiger partial charge in [0.2, 0.25) is 0 Å². The minimum absolute atomic E-state index is 0.146. The zero-order valence-electron chi connectivity index (χ0n) is 21.7. The molecule has 0 fully saturated rings. The van der Waals surface area contributed by atoms with Crippen molar-refractivity contribution in [2.45, 2.75) is 40.0 Å². The van der Waals surface area contributed by atoms with E-state index in [9.17, 15) is 9.90 Å². The third-order valence-corrected chi connectivity index (χ3v) is 7.36. The molecule has 5 rings (SSSR count). The van der Waals surface area contributed by atoms with Gasteiger partial charge in [-0.3, -0.25) is 9.69 Å². The van der Waals surface area contributed by atoms with E-state index in [1.165, 1.54) is 16.9 Å². The molecule has 1 unspecified atom stereocenters. The van der Waals surface area contributed by atoms with Gasteiger partial charge >= 0.3 is 0 Å². The van der Waals surface area contributed by atoms with E-state index in [2.05, 4.69) is 37.0 Å². The summed E-state index contributed by atoms with van der Waals surface area (Å²) in [6.45, 7) is 7.34. The number of aliphatic hydroxyl groups is 1. The summed E-state index contributed by atoms with van der Waals surface area (Å²) in [4.78, 5) is 23.7. The molecule has 7 nitrogen and oxygen atoms in total. The maximum absolute atomic E-state index is 13.2. The lowest BCUT2D eigenvalue weighted by Crippen LogP contribution is -2.35. The van der Waals surface area contributed by atoms with Gasteiger partial charge in [-0.15, -0.1) is 11.3 Å². The van der Waals surface area contributed by atoms with Gasteiger partial charge in [-0.1, -0.05) is 42.0 Å². The maximum Gasteiger partial charge on any atom is 0.260 e. The molecule has 0 radical (unpaired) electrons. The third kappa shape index (κ3) is 5.88. The van der Waals surface area contributed by atoms with Crippen LogP contribution in [0.1, 0.15) is 28.3 Å². The molecule has 0 saturated heterocycles. The summed E-state index contributed by atoms with van der Waals surface area (Å²) in [5, 5.41) is 13.4. The lowest BCUT2D eigenvalue weighted by atomic mass is 9.99. The molecule has 3 heterocycles. The number of aromatic nitrogens is 2. The highest BCUT2D eigenvalue weighted by Crippen LogP contribution is 2.33. The van der Waals surface area contributed by atoms with Gasteiger partial charge in [0.05, 0.1) is 24.7 Å². The minimum Gasteiger partial charge on any atom is -0.491 e. The van der Waals surface area contributed by atoms with Crippen molar-refractivity contribution in [3.63, 3.8) is 0 Å². The second-order valence-corrected chi connectivity index (χ2v) is 10.5. The summed E-state index contributed by atoms with van der Waals surface area (Å²) in [7, 11) is 0. The van der Waals surface area contributed by atoms with Gasteiger partial charge in [-0.2, -0.15) is 0 Å². The monoisotopic (exact) mass is 529 g/mol. The van der Waals surface area contributed by atoms with Crippen LogP contribution in [0.4, 0.5) is 0 Å². The number of thiophene rings is 1. The van der Waals surface area contributed by atoms with Crippen LogP contribution in [0, 0.1) is 20.8 Å². The Kier molecular flexibility index (Phi) is 7.74. The summed E-state index contributed by atoms with van der Waals surface area (Å²) < 4.78 is 11.4. The van der Waals surface area contributed by atoms with Gasteiger partial charge in [0, 0.05) is 17.5 Å². The lowest BCUT2D eigenvalue weighted by molar-refractivity contribution is 0.0593. The van der Waals surface area contributed by atoms with E-state index in [-0.39, 0.29) is 12.2 Å². The summed E-state index contributed by atoms with van der Waals surface area (Å²) >= 11 is 1.47. The van der Waals surface area contributed by atoms with Gasteiger partial charge in [0.1, 0.15) is 34.9 Å². The van der Waals surface area contributed by atoms with E-state index in [0.717, 1.165) is 33.8 Å². The van der Waals surface area contributed by atoms with Crippen LogP contribution in [0.15, 0.2) is 75.5 Å². The van der Waals surface area contributed by atoms with Crippen molar-refractivity contribution in [3.05, 3.63) is 105 Å². The van der Waals surface area contributed by atoms with Gasteiger partial charge in [-0.05, 0) is 55.7 Å². The predicted molar refractivity (Wildman–Crippen MR) is 151 cm³/mol. The van der Waals surface area contributed by atoms with Crippen LogP contribution in [0.25, 0.3) is 21.3 Å². The Balaban J connectivity index is 1.36. The zero-order valence-corrected chi connectivity index (χ0v) is 22.5. The summed E-state index contributed by atoms with van der Waals surface area (Å²) in [6.07, 6.45) is 0.871. The molecule has 196 valence electrons. The Bertz CT molecular complexity index is 1590. The number of aliphatic hydroxyl groups excluding tert-OH is 1. The van der Waals surface area contributed by atoms with Crippen molar-refractivity contribution < 1.29 is 14.3 Å². The molecule has 0 saturated carbocycles. The van der Waals surface area contributed by atoms with Crippen LogP contribution in [-0.4, -0.2) is 39.2 Å². The van der Waals surface area contributed by atoms with E-state index >= 15 is 0 Å². The Hall–Kier alpha value is -3.72. The van der Waals surface area contributed by atoms with Crippen molar-refractivity contribution in [1.29, 1.82) is 0 Å². The number of nitrogens with zero attached hydrogens (tertiary/aromatic N) is 2.